The molecule has 114 valence electrons. The molecule has 21 heavy (non-hydrogen) atoms. The molecule has 0 radical (unpaired) electrons. The number of carbonyl (C=O) groups excluding carboxylic acids is 1. The normalized spacial score (nSPS) is 54.9. The number of hydrogen-bond acceptors (Lipinski definition) is 5. The number of aliphatic hydroxyl groups is 1. The lowest BCUT2D eigenvalue weighted by molar-refractivity contribution is -0.130. The van der Waals surface area contributed by atoms with Crippen LogP contribution in [0.3, 0.4) is 0 Å². The number of carbonyl (C=O) groups is 1. The maximum Gasteiger partial charge on any atom is 0.151 e. The van der Waals surface area contributed by atoms with E-state index in [0.717, 1.165) is 17.7 Å². The molecule has 2 fully saturated rings. The number of Topliss-reactive ketones (excluding diaryl/α,β-unsaturated/α-hetero) is 1. The predicted octanol–water partition coefficient (Wildman–Crippen LogP) is 3.29. The smallest absolute Gasteiger partial charge is 0.151 e. The number of thiol groups is 3. The third kappa shape index (κ3) is 1.84. The third-order valence-corrected chi connectivity index (χ3v) is 8.35. The van der Waals surface area contributed by atoms with Crippen molar-refractivity contribution in [1.29, 1.82) is 0 Å². The Labute approximate surface area is 143 Å². The van der Waals surface area contributed by atoms with Crippen molar-refractivity contribution in [3.05, 3.63) is 22.8 Å². The van der Waals surface area contributed by atoms with Crippen LogP contribution in [0.2, 0.25) is 0 Å². The van der Waals surface area contributed by atoms with Crippen LogP contribution in [0.15, 0.2) is 22.8 Å². The van der Waals surface area contributed by atoms with Gasteiger partial charge < -0.3 is 5.11 Å². The average molecular weight is 358 g/mol. The molecule has 8 unspecified atom stereocenters. The molecule has 0 saturated heterocycles. The van der Waals surface area contributed by atoms with E-state index in [-0.39, 0.29) is 33.3 Å². The van der Waals surface area contributed by atoms with E-state index in [9.17, 15) is 9.90 Å². The summed E-state index contributed by atoms with van der Waals surface area (Å²) >= 11 is 14.1. The summed E-state index contributed by atoms with van der Waals surface area (Å²) in [6.07, 6.45) is 6.03. The van der Waals surface area contributed by atoms with Crippen LogP contribution < -0.4 is 0 Å². The van der Waals surface area contributed by atoms with Crippen LogP contribution in [0.4, 0.5) is 0 Å². The van der Waals surface area contributed by atoms with Crippen molar-refractivity contribution in [2.45, 2.75) is 29.0 Å². The molecule has 0 aromatic carbocycles. The molecule has 2 saturated carbocycles. The van der Waals surface area contributed by atoms with E-state index in [1.165, 1.54) is 0 Å². The van der Waals surface area contributed by atoms with Gasteiger partial charge in [0.1, 0.15) is 0 Å². The Bertz CT molecular complexity index is 600. The first-order valence-corrected chi connectivity index (χ1v) is 9.31. The Kier molecular flexibility index (Phi) is 3.21. The van der Waals surface area contributed by atoms with E-state index < -0.39 is 5.41 Å². The van der Waals surface area contributed by atoms with Gasteiger partial charge in [0.15, 0.2) is 5.78 Å². The summed E-state index contributed by atoms with van der Waals surface area (Å²) in [5.41, 5.74) is -0.562. The fraction of sp³-hybridized carbons (Fsp3) is 0.667. The Morgan fingerprint density at radius 3 is 2.81 bits per heavy atom. The molecule has 1 spiro atoms. The quantitative estimate of drug-likeness (QED) is 0.396. The monoisotopic (exact) mass is 358 g/mol. The standard InChI is InChI=1S/C15H19O2PS3/c16-7-1-6-2-8(19)5-14(6)11(20)4-10-12(15(10,18)21)9(3-7)13(14)17/h3,5-6,9-12,16,19-21H,1-2,4,18H2. The van der Waals surface area contributed by atoms with E-state index in [1.807, 2.05) is 6.08 Å². The Balaban J connectivity index is 1.89. The Morgan fingerprint density at radius 2 is 2.10 bits per heavy atom. The van der Waals surface area contributed by atoms with Gasteiger partial charge in [-0.05, 0) is 41.6 Å². The molecular weight excluding hydrogens is 339 g/mol. The predicted molar refractivity (Wildman–Crippen MR) is 97.2 cm³/mol. The highest BCUT2D eigenvalue weighted by molar-refractivity contribution is 7.87. The average Bonchev–Trinajstić information content (AvgIpc) is 2.80. The first-order chi connectivity index (χ1) is 9.78. The fourth-order valence-corrected chi connectivity index (χ4v) is 7.18. The number of hydrogen-bond donors (Lipinski definition) is 4. The number of rotatable bonds is 0. The van der Waals surface area contributed by atoms with Gasteiger partial charge in [-0.1, -0.05) is 6.08 Å². The van der Waals surface area contributed by atoms with Gasteiger partial charge in [0.25, 0.3) is 0 Å². The minimum atomic E-state index is -0.562. The largest absolute Gasteiger partial charge is 0.513 e. The molecule has 2 nitrogen and oxygen atoms in total. The lowest BCUT2D eigenvalue weighted by Crippen LogP contribution is -2.44. The maximum atomic E-state index is 13.4. The molecule has 8 atom stereocenters. The zero-order valence-corrected chi connectivity index (χ0v) is 15.3. The minimum Gasteiger partial charge on any atom is -0.513 e. The van der Waals surface area contributed by atoms with Gasteiger partial charge in [-0.3, -0.25) is 4.79 Å². The number of allylic oxidation sites excluding steroid dienone is 4. The van der Waals surface area contributed by atoms with Gasteiger partial charge in [-0.15, -0.1) is 21.9 Å². The molecular formula is C15H19O2PS3. The van der Waals surface area contributed by atoms with Gasteiger partial charge in [0.2, 0.25) is 0 Å². The van der Waals surface area contributed by atoms with Gasteiger partial charge in [0, 0.05) is 22.1 Å². The second kappa shape index (κ2) is 4.49. The van der Waals surface area contributed by atoms with Crippen molar-refractivity contribution < 1.29 is 9.90 Å². The van der Waals surface area contributed by atoms with E-state index >= 15 is 0 Å². The molecule has 0 heterocycles. The summed E-state index contributed by atoms with van der Waals surface area (Å²) in [6, 6.07) is 0. The molecule has 4 aliphatic carbocycles. The highest BCUT2D eigenvalue weighted by atomic mass is 32.1. The molecule has 1 N–H and O–H groups in total. The molecule has 0 amide bonds. The Hall–Kier alpha value is 0.430. The van der Waals surface area contributed by atoms with E-state index in [1.54, 1.807) is 6.08 Å². The number of aliphatic hydroxyl groups excluding tert-OH is 1. The number of ketones is 1. The molecule has 4 aliphatic rings. The van der Waals surface area contributed by atoms with Crippen molar-refractivity contribution in [3.8, 4) is 0 Å². The van der Waals surface area contributed by atoms with Gasteiger partial charge in [-0.25, -0.2) is 0 Å². The van der Waals surface area contributed by atoms with Crippen molar-refractivity contribution in [2.24, 2.45) is 29.1 Å². The van der Waals surface area contributed by atoms with Crippen LogP contribution in [0.25, 0.3) is 0 Å². The SMILES string of the molecule is O=C1C2C=C(O)CC3CC(S)=CC13C(S)CC1C2C1(P)S. The van der Waals surface area contributed by atoms with Crippen LogP contribution in [-0.2, 0) is 4.79 Å². The minimum absolute atomic E-state index is 0.0222. The summed E-state index contributed by atoms with van der Waals surface area (Å²) in [7, 11) is 2.80. The maximum absolute atomic E-state index is 13.4. The first kappa shape index (κ1) is 15.0. The van der Waals surface area contributed by atoms with Crippen molar-refractivity contribution in [1.82, 2.24) is 0 Å². The fourth-order valence-electron chi connectivity index (χ4n) is 4.88. The first-order valence-electron chi connectivity index (χ1n) is 7.32. The van der Waals surface area contributed by atoms with Crippen LogP contribution in [0.5, 0.6) is 0 Å². The van der Waals surface area contributed by atoms with Crippen molar-refractivity contribution in [2.75, 3.05) is 0 Å². The van der Waals surface area contributed by atoms with Gasteiger partial charge >= 0.3 is 0 Å². The highest BCUT2D eigenvalue weighted by Crippen LogP contribution is 2.71. The van der Waals surface area contributed by atoms with Crippen LogP contribution in [0.1, 0.15) is 19.3 Å². The lowest BCUT2D eigenvalue weighted by atomic mass is 9.68. The number of fused-ring (bicyclic) bond motifs is 3. The third-order valence-electron chi connectivity index (χ3n) is 5.96. The second-order valence-corrected chi connectivity index (χ2v) is 10.4. The molecule has 6 heteroatoms. The molecule has 0 aliphatic heterocycles. The van der Waals surface area contributed by atoms with E-state index in [2.05, 4.69) is 21.9 Å². The molecule has 2 bridgehead atoms. The van der Waals surface area contributed by atoms with Crippen molar-refractivity contribution >= 4 is 52.9 Å². The summed E-state index contributed by atoms with van der Waals surface area (Å²) < 4.78 is -0.203. The van der Waals surface area contributed by atoms with Crippen LogP contribution in [-0.4, -0.2) is 20.6 Å². The zero-order chi connectivity index (χ0) is 15.2. The summed E-state index contributed by atoms with van der Waals surface area (Å²) in [6.45, 7) is 0. The van der Waals surface area contributed by atoms with Crippen LogP contribution >= 0.6 is 47.1 Å². The second-order valence-electron chi connectivity index (χ2n) is 6.99. The highest BCUT2D eigenvalue weighted by Gasteiger charge is 2.70. The molecule has 4 rings (SSSR count). The summed E-state index contributed by atoms with van der Waals surface area (Å²) in [5.74, 6) is 0.956. The van der Waals surface area contributed by atoms with Gasteiger partial charge in [0.05, 0.1) is 11.2 Å². The molecule has 0 aromatic heterocycles. The Morgan fingerprint density at radius 1 is 1.38 bits per heavy atom. The topological polar surface area (TPSA) is 37.3 Å². The van der Waals surface area contributed by atoms with Crippen LogP contribution in [0, 0.1) is 29.1 Å². The van der Waals surface area contributed by atoms with E-state index in [0.29, 0.717) is 18.1 Å². The molecule has 0 aromatic rings. The van der Waals surface area contributed by atoms with Gasteiger partial charge in [-0.2, -0.15) is 25.3 Å². The zero-order valence-electron chi connectivity index (χ0n) is 11.4. The summed E-state index contributed by atoms with van der Waals surface area (Å²) in [5, 5.41) is 10.3. The van der Waals surface area contributed by atoms with E-state index in [4.69, 9.17) is 25.3 Å². The summed E-state index contributed by atoms with van der Waals surface area (Å²) in [4.78, 5) is 14.3. The lowest BCUT2D eigenvalue weighted by Gasteiger charge is -2.38. The van der Waals surface area contributed by atoms with Crippen molar-refractivity contribution in [3.63, 3.8) is 0 Å².